The Morgan fingerprint density at radius 1 is 1.62 bits per heavy atom. The number of fused-ring (bicyclic) bond motifs is 1. The number of hydrogen-bond acceptors (Lipinski definition) is 2. The maximum Gasteiger partial charge on any atom is 0.223 e. The second-order valence-corrected chi connectivity index (χ2v) is 4.28. The second kappa shape index (κ2) is 3.38. The van der Waals surface area contributed by atoms with Gasteiger partial charge in [-0.15, -0.1) is 0 Å². The highest BCUT2D eigenvalue weighted by molar-refractivity contribution is 14.1. The Morgan fingerprint density at radius 2 is 2.38 bits per heavy atom. The van der Waals surface area contributed by atoms with Gasteiger partial charge in [-0.2, -0.15) is 0 Å². The Hall–Kier alpha value is -0.430. The van der Waals surface area contributed by atoms with Gasteiger partial charge in [0.1, 0.15) is 5.65 Å². The molecule has 66 valence electrons. The quantitative estimate of drug-likeness (QED) is 0.585. The first-order valence-corrected chi connectivity index (χ1v) is 5.30. The molecule has 0 saturated carbocycles. The molecule has 0 bridgehead atoms. The number of halogens is 2. The van der Waals surface area contributed by atoms with Gasteiger partial charge in [-0.3, -0.25) is 8.39 Å². The third-order valence-corrected chi connectivity index (χ3v) is 2.90. The van der Waals surface area contributed by atoms with Gasteiger partial charge in [0.15, 0.2) is 0 Å². The SMILES string of the molecule is O=C(I)c1cnc2c(ccn2Br)c1. The van der Waals surface area contributed by atoms with Crippen LogP contribution in [0.2, 0.25) is 0 Å². The van der Waals surface area contributed by atoms with Crippen molar-refractivity contribution in [1.29, 1.82) is 0 Å². The van der Waals surface area contributed by atoms with E-state index in [2.05, 4.69) is 21.1 Å². The van der Waals surface area contributed by atoms with Gasteiger partial charge in [0, 0.05) is 45.9 Å². The molecular weight excluding hydrogens is 347 g/mol. The molecule has 2 aromatic heterocycles. The molecule has 0 N–H and O–H groups in total. The molecule has 0 spiro atoms. The minimum Gasteiger partial charge on any atom is -0.282 e. The highest BCUT2D eigenvalue weighted by Gasteiger charge is 2.05. The summed E-state index contributed by atoms with van der Waals surface area (Å²) in [5, 5.41) is 0.958. The summed E-state index contributed by atoms with van der Waals surface area (Å²) in [7, 11) is 0. The molecule has 13 heavy (non-hydrogen) atoms. The average Bonchev–Trinajstić information content (AvgIpc) is 2.47. The first-order chi connectivity index (χ1) is 6.18. The van der Waals surface area contributed by atoms with Crippen LogP contribution in [0.3, 0.4) is 0 Å². The van der Waals surface area contributed by atoms with Gasteiger partial charge in [-0.25, -0.2) is 4.98 Å². The molecule has 0 saturated heterocycles. The topological polar surface area (TPSA) is 34.9 Å². The van der Waals surface area contributed by atoms with Crippen molar-refractivity contribution in [1.82, 2.24) is 8.58 Å². The van der Waals surface area contributed by atoms with Gasteiger partial charge in [-0.05, 0) is 12.1 Å². The third kappa shape index (κ3) is 1.62. The van der Waals surface area contributed by atoms with Crippen molar-refractivity contribution in [3.05, 3.63) is 30.1 Å². The van der Waals surface area contributed by atoms with E-state index in [0.717, 1.165) is 11.0 Å². The molecule has 0 aliphatic heterocycles. The molecule has 0 amide bonds. The lowest BCUT2D eigenvalue weighted by molar-refractivity contribution is 0.110. The fourth-order valence-corrected chi connectivity index (χ4v) is 1.81. The summed E-state index contributed by atoms with van der Waals surface area (Å²) < 4.78 is 1.75. The van der Waals surface area contributed by atoms with Crippen LogP contribution in [0.25, 0.3) is 11.0 Å². The molecule has 0 unspecified atom stereocenters. The Bertz CT molecular complexity index is 480. The lowest BCUT2D eigenvalue weighted by Gasteiger charge is -1.94. The smallest absolute Gasteiger partial charge is 0.223 e. The van der Waals surface area contributed by atoms with E-state index in [1.54, 1.807) is 32.4 Å². The van der Waals surface area contributed by atoms with E-state index in [0.29, 0.717) is 5.56 Å². The van der Waals surface area contributed by atoms with Crippen LogP contribution in [0.5, 0.6) is 0 Å². The predicted octanol–water partition coefficient (Wildman–Crippen LogP) is 2.77. The summed E-state index contributed by atoms with van der Waals surface area (Å²) in [4.78, 5) is 15.2. The van der Waals surface area contributed by atoms with Crippen molar-refractivity contribution in [3.63, 3.8) is 0 Å². The Labute approximate surface area is 96.6 Å². The Balaban J connectivity index is 2.70. The molecular formula is C8H4BrIN2O. The predicted molar refractivity (Wildman–Crippen MR) is 62.4 cm³/mol. The monoisotopic (exact) mass is 350 g/mol. The number of pyridine rings is 1. The number of hydrogen-bond donors (Lipinski definition) is 0. The van der Waals surface area contributed by atoms with E-state index in [1.165, 1.54) is 0 Å². The van der Waals surface area contributed by atoms with Crippen molar-refractivity contribution in [3.8, 4) is 0 Å². The summed E-state index contributed by atoms with van der Waals surface area (Å²) >= 11 is 5.05. The molecule has 0 aliphatic carbocycles. The number of nitrogens with zero attached hydrogens (tertiary/aromatic N) is 2. The zero-order valence-electron chi connectivity index (χ0n) is 6.37. The zero-order chi connectivity index (χ0) is 9.42. The molecule has 0 radical (unpaired) electrons. The van der Waals surface area contributed by atoms with Crippen LogP contribution >= 0.6 is 38.7 Å². The third-order valence-electron chi connectivity index (χ3n) is 1.71. The van der Waals surface area contributed by atoms with Gasteiger partial charge in [0.2, 0.25) is 3.79 Å². The number of aromatic nitrogens is 2. The molecule has 0 aromatic carbocycles. The molecule has 0 fully saturated rings. The van der Waals surface area contributed by atoms with Crippen LogP contribution in [0.1, 0.15) is 10.4 Å². The number of carbonyl (C=O) groups is 1. The van der Waals surface area contributed by atoms with Gasteiger partial charge in [-0.1, -0.05) is 0 Å². The molecule has 0 atom stereocenters. The van der Waals surface area contributed by atoms with Crippen LogP contribution in [0, 0.1) is 0 Å². The van der Waals surface area contributed by atoms with Crippen LogP contribution in [0.15, 0.2) is 24.5 Å². The van der Waals surface area contributed by atoms with E-state index < -0.39 is 0 Å². The molecule has 2 heterocycles. The minimum absolute atomic E-state index is 0.00863. The van der Waals surface area contributed by atoms with E-state index in [9.17, 15) is 4.79 Å². The fraction of sp³-hybridized carbons (Fsp3) is 0. The second-order valence-electron chi connectivity index (χ2n) is 2.54. The highest BCUT2D eigenvalue weighted by Crippen LogP contribution is 2.17. The normalized spacial score (nSPS) is 10.6. The van der Waals surface area contributed by atoms with E-state index in [1.807, 2.05) is 18.3 Å². The Kier molecular flexibility index (Phi) is 2.37. The van der Waals surface area contributed by atoms with Crippen LogP contribution in [0.4, 0.5) is 0 Å². The summed E-state index contributed by atoms with van der Waals surface area (Å²) in [6.45, 7) is 0. The van der Waals surface area contributed by atoms with Crippen molar-refractivity contribution >= 4 is 53.6 Å². The van der Waals surface area contributed by atoms with E-state index >= 15 is 0 Å². The van der Waals surface area contributed by atoms with Crippen molar-refractivity contribution in [2.75, 3.05) is 0 Å². The van der Waals surface area contributed by atoms with Crippen LogP contribution in [-0.4, -0.2) is 12.4 Å². The summed E-state index contributed by atoms with van der Waals surface area (Å²) in [6.07, 6.45) is 3.42. The lowest BCUT2D eigenvalue weighted by atomic mass is 10.2. The zero-order valence-corrected chi connectivity index (χ0v) is 10.1. The minimum atomic E-state index is 0.00863. The summed E-state index contributed by atoms with van der Waals surface area (Å²) in [5.41, 5.74) is 1.45. The standard InChI is InChI=1S/C8H4BrIN2O/c9-12-2-1-5-3-6(7(10)13)4-11-8(5)12/h1-4H. The van der Waals surface area contributed by atoms with Crippen LogP contribution in [-0.2, 0) is 0 Å². The van der Waals surface area contributed by atoms with Crippen molar-refractivity contribution in [2.45, 2.75) is 0 Å². The van der Waals surface area contributed by atoms with Gasteiger partial charge in [0.25, 0.3) is 0 Å². The number of carbonyl (C=O) groups excluding carboxylic acids is 1. The highest BCUT2D eigenvalue weighted by atomic mass is 127. The lowest BCUT2D eigenvalue weighted by Crippen LogP contribution is -1.90. The van der Waals surface area contributed by atoms with E-state index in [4.69, 9.17) is 0 Å². The van der Waals surface area contributed by atoms with Gasteiger partial charge in [0.05, 0.1) is 16.1 Å². The first kappa shape index (κ1) is 9.14. The van der Waals surface area contributed by atoms with Crippen LogP contribution < -0.4 is 0 Å². The van der Waals surface area contributed by atoms with E-state index in [-0.39, 0.29) is 3.79 Å². The van der Waals surface area contributed by atoms with Gasteiger partial charge >= 0.3 is 0 Å². The molecule has 2 aromatic rings. The summed E-state index contributed by atoms with van der Waals surface area (Å²) in [5.74, 6) is 0. The molecule has 2 rings (SSSR count). The molecule has 3 nitrogen and oxygen atoms in total. The fourth-order valence-electron chi connectivity index (χ4n) is 1.10. The summed E-state index contributed by atoms with van der Waals surface area (Å²) in [6, 6.07) is 3.73. The molecule has 5 heteroatoms. The number of rotatable bonds is 1. The van der Waals surface area contributed by atoms with Crippen molar-refractivity contribution < 1.29 is 4.79 Å². The maximum atomic E-state index is 11.0. The van der Waals surface area contributed by atoms with Gasteiger partial charge < -0.3 is 0 Å². The first-order valence-electron chi connectivity index (χ1n) is 3.51. The van der Waals surface area contributed by atoms with Crippen molar-refractivity contribution in [2.24, 2.45) is 0 Å². The maximum absolute atomic E-state index is 11.0. The average molecular weight is 351 g/mol. The molecule has 0 aliphatic rings. The Morgan fingerprint density at radius 3 is 3.08 bits per heavy atom. The largest absolute Gasteiger partial charge is 0.282 e.